The van der Waals surface area contributed by atoms with Gasteiger partial charge in [0, 0.05) is 25.1 Å². The summed E-state index contributed by atoms with van der Waals surface area (Å²) in [6.07, 6.45) is 1.26. The van der Waals surface area contributed by atoms with Gasteiger partial charge in [0.05, 0.1) is 23.7 Å². The number of esters is 1. The summed E-state index contributed by atoms with van der Waals surface area (Å²) in [5.74, 6) is -0.636. The molecule has 62 heavy (non-hydrogen) atoms. The Labute approximate surface area is 365 Å². The summed E-state index contributed by atoms with van der Waals surface area (Å²) in [6, 6.07) is 38.2. The van der Waals surface area contributed by atoms with E-state index in [2.05, 4.69) is 14.9 Å². The Hall–Kier alpha value is -5.21. The Morgan fingerprint density at radius 3 is 2.21 bits per heavy atom. The van der Waals surface area contributed by atoms with E-state index in [4.69, 9.17) is 14.2 Å². The monoisotopic (exact) mass is 859 g/mol. The van der Waals surface area contributed by atoms with Crippen molar-refractivity contribution in [3.8, 4) is 11.1 Å². The van der Waals surface area contributed by atoms with Gasteiger partial charge in [-0.1, -0.05) is 115 Å². The molecule has 2 saturated heterocycles. The van der Waals surface area contributed by atoms with Crippen LogP contribution in [0.5, 0.6) is 0 Å². The van der Waals surface area contributed by atoms with Crippen LogP contribution in [0.2, 0.25) is 0 Å². The molecule has 5 aromatic carbocycles. The molecule has 326 valence electrons. The van der Waals surface area contributed by atoms with E-state index in [0.29, 0.717) is 13.0 Å². The Kier molecular flexibility index (Phi) is 14.4. The number of hydrogen-bond acceptors (Lipinski definition) is 9. The number of rotatable bonds is 15. The van der Waals surface area contributed by atoms with Gasteiger partial charge >= 0.3 is 5.97 Å². The van der Waals surface area contributed by atoms with Crippen LogP contribution in [0, 0.1) is 6.92 Å². The Morgan fingerprint density at radius 2 is 1.52 bits per heavy atom. The Balaban J connectivity index is 1.04. The molecule has 5 aromatic rings. The molecule has 2 fully saturated rings. The average molecular weight is 860 g/mol. The zero-order valence-electron chi connectivity index (χ0n) is 35.8. The molecule has 2 heterocycles. The van der Waals surface area contributed by atoms with Gasteiger partial charge in [-0.2, -0.15) is 4.72 Å². The smallest absolute Gasteiger partial charge is 0.323 e. The van der Waals surface area contributed by atoms with Gasteiger partial charge < -0.3 is 24.6 Å². The van der Waals surface area contributed by atoms with Crippen molar-refractivity contribution in [2.75, 3.05) is 13.1 Å². The molecule has 0 bridgehead atoms. The summed E-state index contributed by atoms with van der Waals surface area (Å²) in [4.78, 5) is 29.1. The average Bonchev–Trinajstić information content (AvgIpc) is 3.73. The second-order valence-corrected chi connectivity index (χ2v) is 19.0. The zero-order chi connectivity index (χ0) is 43.9. The van der Waals surface area contributed by atoms with E-state index >= 15 is 0 Å². The minimum atomic E-state index is -3.97. The molecular formula is C50H57N3O8S. The highest BCUT2D eigenvalue weighted by molar-refractivity contribution is 7.89. The number of benzene rings is 5. The minimum absolute atomic E-state index is 0.0425. The molecule has 7 rings (SSSR count). The highest BCUT2D eigenvalue weighted by atomic mass is 32.2. The third-order valence-electron chi connectivity index (χ3n) is 11.2. The van der Waals surface area contributed by atoms with Crippen LogP contribution in [-0.4, -0.2) is 67.2 Å². The van der Waals surface area contributed by atoms with Crippen LogP contribution in [0.4, 0.5) is 0 Å². The first-order chi connectivity index (χ1) is 29.7. The molecule has 0 aromatic heterocycles. The van der Waals surface area contributed by atoms with Crippen molar-refractivity contribution in [1.29, 1.82) is 0 Å². The topological polar surface area (TPSA) is 144 Å². The van der Waals surface area contributed by atoms with E-state index in [1.807, 2.05) is 131 Å². The second-order valence-electron chi connectivity index (χ2n) is 17.3. The van der Waals surface area contributed by atoms with Gasteiger partial charge in [-0.25, -0.2) is 8.42 Å². The molecule has 5 atom stereocenters. The Morgan fingerprint density at radius 1 is 0.823 bits per heavy atom. The van der Waals surface area contributed by atoms with Crippen LogP contribution in [0.1, 0.15) is 85.8 Å². The van der Waals surface area contributed by atoms with Gasteiger partial charge in [-0.3, -0.25) is 14.5 Å². The summed E-state index contributed by atoms with van der Waals surface area (Å²) in [7, 11) is -3.97. The molecule has 11 nitrogen and oxygen atoms in total. The summed E-state index contributed by atoms with van der Waals surface area (Å²) in [5, 5.41) is 12.6. The number of aryl methyl sites for hydroxylation is 1. The number of aliphatic hydroxyl groups is 1. The van der Waals surface area contributed by atoms with Crippen molar-refractivity contribution in [3.63, 3.8) is 0 Å². The lowest BCUT2D eigenvalue weighted by Crippen LogP contribution is -2.47. The van der Waals surface area contributed by atoms with Crippen LogP contribution in [-0.2, 0) is 53.4 Å². The van der Waals surface area contributed by atoms with Crippen molar-refractivity contribution in [1.82, 2.24) is 14.9 Å². The molecule has 1 amide bonds. The first-order valence-electron chi connectivity index (χ1n) is 21.3. The summed E-state index contributed by atoms with van der Waals surface area (Å²) >= 11 is 0. The fraction of sp³-hybridized carbons (Fsp3) is 0.360. The summed E-state index contributed by atoms with van der Waals surface area (Å²) < 4.78 is 48.5. The number of likely N-dealkylation sites (tertiary alicyclic amines) is 1. The van der Waals surface area contributed by atoms with E-state index in [1.54, 1.807) is 12.1 Å². The number of nitrogens with zero attached hydrogens (tertiary/aromatic N) is 1. The lowest BCUT2D eigenvalue weighted by Gasteiger charge is -2.38. The van der Waals surface area contributed by atoms with Gasteiger partial charge in [0.1, 0.15) is 17.7 Å². The van der Waals surface area contributed by atoms with Gasteiger partial charge in [-0.05, 0) is 105 Å². The lowest BCUT2D eigenvalue weighted by atomic mass is 9.98. The van der Waals surface area contributed by atoms with Gasteiger partial charge in [0.25, 0.3) is 0 Å². The molecular weight excluding hydrogens is 803 g/mol. The number of carbonyl (C=O) groups is 2. The van der Waals surface area contributed by atoms with Gasteiger partial charge in [0.15, 0.2) is 6.29 Å². The molecule has 2 aliphatic rings. The molecule has 0 spiro atoms. The van der Waals surface area contributed by atoms with E-state index in [0.717, 1.165) is 63.9 Å². The lowest BCUT2D eigenvalue weighted by molar-refractivity contribution is -0.253. The first kappa shape index (κ1) is 44.8. The van der Waals surface area contributed by atoms with Crippen LogP contribution in [0.25, 0.3) is 11.1 Å². The largest absolute Gasteiger partial charge is 0.459 e. The van der Waals surface area contributed by atoms with Gasteiger partial charge in [-0.15, -0.1) is 0 Å². The molecule has 0 saturated carbocycles. The van der Waals surface area contributed by atoms with E-state index in [9.17, 15) is 23.1 Å². The van der Waals surface area contributed by atoms with E-state index in [1.165, 1.54) is 12.1 Å². The summed E-state index contributed by atoms with van der Waals surface area (Å²) in [6.45, 7) is 9.04. The quantitative estimate of drug-likeness (QED) is 0.0903. The maximum atomic E-state index is 13.7. The van der Waals surface area contributed by atoms with Crippen LogP contribution in [0.15, 0.2) is 132 Å². The van der Waals surface area contributed by atoms with Crippen molar-refractivity contribution < 1.29 is 37.3 Å². The second kappa shape index (κ2) is 19.9. The molecule has 12 heteroatoms. The number of carbonyl (C=O) groups excluding carboxylic acids is 2. The molecule has 0 aliphatic carbocycles. The van der Waals surface area contributed by atoms with Crippen molar-refractivity contribution in [2.24, 2.45) is 0 Å². The van der Waals surface area contributed by atoms with E-state index < -0.39 is 33.9 Å². The molecule has 5 unspecified atom stereocenters. The van der Waals surface area contributed by atoms with Gasteiger partial charge in [0.2, 0.25) is 15.9 Å². The molecule has 3 N–H and O–H groups in total. The van der Waals surface area contributed by atoms with Crippen molar-refractivity contribution >= 4 is 21.9 Å². The first-order valence-corrected chi connectivity index (χ1v) is 22.8. The SMILES string of the molecule is Cc1ccc(S(=O)(=O)NC(Cc2ccccc2)C(=O)NCc2cccc(-c3ccc(C4OC(CN5CCCC5C(=O)OC(C)(C)C)CC(c5ccc(CO)cc5)O4)cc3)c2)cc1. The predicted octanol–water partition coefficient (Wildman–Crippen LogP) is 7.71. The fourth-order valence-corrected chi connectivity index (χ4v) is 9.19. The number of ether oxygens (including phenoxy) is 3. The highest BCUT2D eigenvalue weighted by Gasteiger charge is 2.39. The van der Waals surface area contributed by atoms with Crippen LogP contribution in [0.3, 0.4) is 0 Å². The number of nitrogens with one attached hydrogen (secondary N) is 2. The highest BCUT2D eigenvalue weighted by Crippen LogP contribution is 2.39. The number of amides is 1. The maximum Gasteiger partial charge on any atom is 0.323 e. The minimum Gasteiger partial charge on any atom is -0.459 e. The number of aliphatic hydroxyl groups excluding tert-OH is 1. The number of sulfonamides is 1. The summed E-state index contributed by atoms with van der Waals surface area (Å²) in [5.41, 5.74) is 6.60. The zero-order valence-corrected chi connectivity index (χ0v) is 36.6. The maximum absolute atomic E-state index is 13.7. The molecule has 0 radical (unpaired) electrons. The van der Waals surface area contributed by atoms with Crippen molar-refractivity contribution in [2.45, 2.75) is 108 Å². The third kappa shape index (κ3) is 11.8. The Bertz CT molecular complexity index is 2380. The van der Waals surface area contributed by atoms with Crippen LogP contribution >= 0.6 is 0 Å². The normalized spacial score (nSPS) is 20.1. The fourth-order valence-electron chi connectivity index (χ4n) is 7.99. The van der Waals surface area contributed by atoms with Crippen molar-refractivity contribution in [3.05, 3.63) is 161 Å². The number of hydrogen-bond donors (Lipinski definition) is 3. The molecule has 2 aliphatic heterocycles. The third-order valence-corrected chi connectivity index (χ3v) is 12.7. The predicted molar refractivity (Wildman–Crippen MR) is 238 cm³/mol. The standard InChI is InChI=1S/C50H57N3O8S/c1-34-15-25-43(26-16-34)62(57,58)52-44(29-35-10-6-5-7-11-35)47(55)51-31-37-12-8-13-41(28-37)38-21-23-40(24-22-38)49-59-42(30-46(60-49)39-19-17-36(33-54)18-20-39)32-53-27-9-14-45(53)48(56)61-50(2,3)4/h5-8,10-13,15-26,28,42,44-46,49,52,54H,9,14,27,29-33H2,1-4H3,(H,51,55). The van der Waals surface area contributed by atoms with E-state index in [-0.39, 0.29) is 48.7 Å². The van der Waals surface area contributed by atoms with Crippen LogP contribution < -0.4 is 10.0 Å².